The zero-order valence-electron chi connectivity index (χ0n) is 15.4. The number of fused-ring (bicyclic) bond motifs is 2. The Bertz CT molecular complexity index is 912. The minimum Gasteiger partial charge on any atom is -0.312 e. The Morgan fingerprint density at radius 3 is 2.85 bits per heavy atom. The smallest absolute Gasteiger partial charge is 0.141 e. The highest BCUT2D eigenvalue weighted by molar-refractivity contribution is 5.71. The number of halogens is 1. The number of nitriles is 1. The van der Waals surface area contributed by atoms with E-state index in [1.54, 1.807) is 6.07 Å². The molecule has 2 aromatic carbocycles. The molecule has 138 valence electrons. The quantitative estimate of drug-likeness (QED) is 0.888. The Labute approximate surface area is 159 Å². The highest BCUT2D eigenvalue weighted by Crippen LogP contribution is 2.46. The van der Waals surface area contributed by atoms with Crippen LogP contribution in [0.5, 0.6) is 0 Å². The molecule has 3 aliphatic rings. The predicted octanol–water partition coefficient (Wildman–Crippen LogP) is 4.18. The van der Waals surface area contributed by atoms with Gasteiger partial charge in [-0.2, -0.15) is 5.26 Å². The SMILES string of the molecule is N#Cc1ccc(-c2cccc(CN3CCC4CC3CN4)c2C2CC2)cc1F. The number of rotatable bonds is 4. The lowest BCUT2D eigenvalue weighted by molar-refractivity contribution is 0.167. The summed E-state index contributed by atoms with van der Waals surface area (Å²) < 4.78 is 14.2. The topological polar surface area (TPSA) is 39.1 Å². The lowest BCUT2D eigenvalue weighted by Gasteiger charge is -2.33. The Balaban J connectivity index is 1.51. The van der Waals surface area contributed by atoms with E-state index < -0.39 is 5.82 Å². The fraction of sp³-hybridized carbons (Fsp3) is 0.435. The third-order valence-corrected chi connectivity index (χ3v) is 6.44. The number of benzene rings is 2. The van der Waals surface area contributed by atoms with Gasteiger partial charge in [0.2, 0.25) is 0 Å². The molecule has 2 aliphatic heterocycles. The largest absolute Gasteiger partial charge is 0.312 e. The van der Waals surface area contributed by atoms with Gasteiger partial charge >= 0.3 is 0 Å². The second kappa shape index (κ2) is 6.74. The Kier molecular flexibility index (Phi) is 4.22. The van der Waals surface area contributed by atoms with Crippen LogP contribution in [0.1, 0.15) is 48.3 Å². The second-order valence-corrected chi connectivity index (χ2v) is 8.21. The molecule has 2 heterocycles. The molecule has 0 radical (unpaired) electrons. The van der Waals surface area contributed by atoms with Gasteiger partial charge in [-0.25, -0.2) is 4.39 Å². The maximum atomic E-state index is 14.2. The maximum absolute atomic E-state index is 14.2. The van der Waals surface area contributed by atoms with Crippen LogP contribution in [-0.4, -0.2) is 30.1 Å². The minimum atomic E-state index is -0.429. The van der Waals surface area contributed by atoms with Crippen molar-refractivity contribution < 1.29 is 4.39 Å². The standard InChI is InChI=1S/C23H24FN3/c24-22-10-16(6-7-17(22)12-25)21-3-1-2-18(23(21)15-4-5-15)14-27-9-8-19-11-20(27)13-26-19/h1-3,6-7,10,15,19-20,26H,4-5,8-9,11,13-14H2. The Morgan fingerprint density at radius 1 is 1.19 bits per heavy atom. The number of nitrogens with zero attached hydrogens (tertiary/aromatic N) is 2. The summed E-state index contributed by atoms with van der Waals surface area (Å²) in [5, 5.41) is 12.6. The summed E-state index contributed by atoms with van der Waals surface area (Å²) in [5.74, 6) is 0.162. The zero-order chi connectivity index (χ0) is 18.4. The number of nitrogens with one attached hydrogen (secondary N) is 1. The van der Waals surface area contributed by atoms with Gasteiger partial charge in [0.1, 0.15) is 11.9 Å². The molecule has 0 aromatic heterocycles. The molecule has 0 spiro atoms. The first-order valence-corrected chi connectivity index (χ1v) is 10.0. The molecule has 2 saturated heterocycles. The third kappa shape index (κ3) is 3.16. The first-order valence-electron chi connectivity index (χ1n) is 10.0. The van der Waals surface area contributed by atoms with Crippen LogP contribution in [-0.2, 0) is 6.54 Å². The number of likely N-dealkylation sites (tertiary alicyclic amines) is 1. The highest BCUT2D eigenvalue weighted by atomic mass is 19.1. The van der Waals surface area contributed by atoms with E-state index in [0.29, 0.717) is 18.0 Å². The van der Waals surface area contributed by atoms with Crippen LogP contribution in [0.25, 0.3) is 11.1 Å². The molecule has 2 unspecified atom stereocenters. The monoisotopic (exact) mass is 361 g/mol. The normalized spacial score (nSPS) is 24.7. The van der Waals surface area contributed by atoms with E-state index in [1.165, 1.54) is 42.9 Å². The number of hydrogen-bond acceptors (Lipinski definition) is 3. The van der Waals surface area contributed by atoms with Crippen LogP contribution in [0, 0.1) is 17.1 Å². The van der Waals surface area contributed by atoms with Crippen LogP contribution in [0.3, 0.4) is 0 Å². The van der Waals surface area contributed by atoms with E-state index in [1.807, 2.05) is 12.1 Å². The van der Waals surface area contributed by atoms with Crippen molar-refractivity contribution in [1.82, 2.24) is 10.2 Å². The lowest BCUT2D eigenvalue weighted by Crippen LogP contribution is -2.40. The summed E-state index contributed by atoms with van der Waals surface area (Å²) in [4.78, 5) is 2.63. The molecule has 2 bridgehead atoms. The molecule has 2 aromatic rings. The van der Waals surface area contributed by atoms with Crippen LogP contribution in [0.4, 0.5) is 4.39 Å². The Hall–Kier alpha value is -2.22. The lowest BCUT2D eigenvalue weighted by atomic mass is 9.91. The second-order valence-electron chi connectivity index (χ2n) is 8.21. The molecule has 27 heavy (non-hydrogen) atoms. The molecule has 3 fully saturated rings. The van der Waals surface area contributed by atoms with E-state index in [-0.39, 0.29) is 5.56 Å². The number of hydrogen-bond donors (Lipinski definition) is 1. The van der Waals surface area contributed by atoms with Gasteiger partial charge in [-0.15, -0.1) is 0 Å². The molecule has 2 atom stereocenters. The summed E-state index contributed by atoms with van der Waals surface area (Å²) in [6.07, 6.45) is 4.93. The average molecular weight is 361 g/mol. The van der Waals surface area contributed by atoms with E-state index in [2.05, 4.69) is 28.4 Å². The van der Waals surface area contributed by atoms with Crippen LogP contribution in [0.15, 0.2) is 36.4 Å². The first-order chi connectivity index (χ1) is 13.2. The maximum Gasteiger partial charge on any atom is 0.141 e. The van der Waals surface area contributed by atoms with Crippen molar-refractivity contribution in [1.29, 1.82) is 5.26 Å². The van der Waals surface area contributed by atoms with Crippen molar-refractivity contribution >= 4 is 0 Å². The van der Waals surface area contributed by atoms with Crippen molar-refractivity contribution in [3.63, 3.8) is 0 Å². The van der Waals surface area contributed by atoms with Crippen LogP contribution in [0.2, 0.25) is 0 Å². The molecule has 1 saturated carbocycles. The third-order valence-electron chi connectivity index (χ3n) is 6.44. The molecule has 4 heteroatoms. The van der Waals surface area contributed by atoms with Crippen LogP contribution < -0.4 is 5.32 Å². The summed E-state index contributed by atoms with van der Waals surface area (Å²) in [5.41, 5.74) is 4.92. The van der Waals surface area contributed by atoms with E-state index >= 15 is 0 Å². The van der Waals surface area contributed by atoms with Gasteiger partial charge in [-0.1, -0.05) is 24.3 Å². The summed E-state index contributed by atoms with van der Waals surface area (Å²) in [6, 6.07) is 14.8. The molecule has 0 amide bonds. The van der Waals surface area contributed by atoms with Crippen LogP contribution >= 0.6 is 0 Å². The van der Waals surface area contributed by atoms with Gasteiger partial charge in [-0.3, -0.25) is 4.90 Å². The van der Waals surface area contributed by atoms with Crippen molar-refractivity contribution in [2.75, 3.05) is 13.1 Å². The molecular formula is C23H24FN3. The Morgan fingerprint density at radius 2 is 2.07 bits per heavy atom. The summed E-state index contributed by atoms with van der Waals surface area (Å²) in [6.45, 7) is 3.24. The van der Waals surface area contributed by atoms with E-state index in [4.69, 9.17) is 5.26 Å². The fourth-order valence-corrected chi connectivity index (χ4v) is 4.86. The van der Waals surface area contributed by atoms with Crippen molar-refractivity contribution in [3.05, 3.63) is 58.9 Å². The van der Waals surface area contributed by atoms with Gasteiger partial charge in [-0.05, 0) is 66.0 Å². The molecule has 1 aliphatic carbocycles. The van der Waals surface area contributed by atoms with Gasteiger partial charge < -0.3 is 5.32 Å². The first kappa shape index (κ1) is 16.9. The number of piperidine rings is 1. The molecule has 1 N–H and O–H groups in total. The zero-order valence-corrected chi connectivity index (χ0v) is 15.4. The molecule has 3 nitrogen and oxygen atoms in total. The molecular weight excluding hydrogens is 337 g/mol. The fourth-order valence-electron chi connectivity index (χ4n) is 4.86. The van der Waals surface area contributed by atoms with Gasteiger partial charge in [0, 0.05) is 31.7 Å². The predicted molar refractivity (Wildman–Crippen MR) is 104 cm³/mol. The summed E-state index contributed by atoms with van der Waals surface area (Å²) in [7, 11) is 0. The van der Waals surface area contributed by atoms with Gasteiger partial charge in [0.25, 0.3) is 0 Å². The van der Waals surface area contributed by atoms with Crippen molar-refractivity contribution in [2.24, 2.45) is 0 Å². The highest BCUT2D eigenvalue weighted by Gasteiger charge is 2.35. The van der Waals surface area contributed by atoms with E-state index in [9.17, 15) is 4.39 Å². The van der Waals surface area contributed by atoms with Gasteiger partial charge in [0.15, 0.2) is 0 Å². The minimum absolute atomic E-state index is 0.111. The van der Waals surface area contributed by atoms with Crippen molar-refractivity contribution in [3.8, 4) is 17.2 Å². The molecule has 5 rings (SSSR count). The average Bonchev–Trinajstić information content (AvgIpc) is 3.45. The van der Waals surface area contributed by atoms with E-state index in [0.717, 1.165) is 30.8 Å². The van der Waals surface area contributed by atoms with Gasteiger partial charge in [0.05, 0.1) is 5.56 Å². The van der Waals surface area contributed by atoms with Crippen molar-refractivity contribution in [2.45, 2.75) is 50.2 Å². The summed E-state index contributed by atoms with van der Waals surface area (Å²) >= 11 is 0.